The van der Waals surface area contributed by atoms with Crippen molar-refractivity contribution in [3.05, 3.63) is 87.6 Å². The van der Waals surface area contributed by atoms with Gasteiger partial charge in [0.05, 0.1) is 0 Å². The maximum absolute atomic E-state index is 12.3. The van der Waals surface area contributed by atoms with Gasteiger partial charge in [-0.15, -0.1) is 0 Å². The second kappa shape index (κ2) is 8.90. The van der Waals surface area contributed by atoms with Crippen LogP contribution in [0.5, 0.6) is 11.5 Å². The zero-order chi connectivity index (χ0) is 21.1. The van der Waals surface area contributed by atoms with E-state index in [1.807, 2.05) is 62.4 Å². The SMILES string of the molecule is Cc1ccc(OC[C@@H]2OC(n3ccc(Cl)nc3=O)C[C@H]2Oc2ccc(C)cc2)cc1. The summed E-state index contributed by atoms with van der Waals surface area (Å²) in [6.07, 6.45) is 0.920. The lowest BCUT2D eigenvalue weighted by molar-refractivity contribution is -0.0371. The fourth-order valence-corrected chi connectivity index (χ4v) is 3.49. The van der Waals surface area contributed by atoms with E-state index in [1.54, 1.807) is 12.3 Å². The highest BCUT2D eigenvalue weighted by atomic mass is 35.5. The molecule has 0 N–H and O–H groups in total. The van der Waals surface area contributed by atoms with Gasteiger partial charge in [-0.2, -0.15) is 4.98 Å². The summed E-state index contributed by atoms with van der Waals surface area (Å²) in [4.78, 5) is 16.0. The molecule has 1 saturated heterocycles. The molecule has 0 bridgehead atoms. The third-order valence-corrected chi connectivity index (χ3v) is 5.24. The molecule has 0 radical (unpaired) electrons. The van der Waals surface area contributed by atoms with E-state index in [2.05, 4.69) is 4.98 Å². The highest BCUT2D eigenvalue weighted by Gasteiger charge is 2.39. The number of nitrogens with zero attached hydrogens (tertiary/aromatic N) is 2. The Balaban J connectivity index is 1.52. The first-order chi connectivity index (χ1) is 14.5. The summed E-state index contributed by atoms with van der Waals surface area (Å²) in [5.41, 5.74) is 1.86. The molecule has 0 amide bonds. The monoisotopic (exact) mass is 426 g/mol. The lowest BCUT2D eigenvalue weighted by Gasteiger charge is -2.20. The van der Waals surface area contributed by atoms with Crippen LogP contribution < -0.4 is 15.2 Å². The fraction of sp³-hybridized carbons (Fsp3) is 0.304. The number of ether oxygens (including phenoxy) is 3. The highest BCUT2D eigenvalue weighted by Crippen LogP contribution is 2.32. The van der Waals surface area contributed by atoms with Crippen molar-refractivity contribution in [2.24, 2.45) is 0 Å². The minimum atomic E-state index is -0.510. The van der Waals surface area contributed by atoms with Gasteiger partial charge < -0.3 is 14.2 Å². The number of hydrogen-bond acceptors (Lipinski definition) is 5. The van der Waals surface area contributed by atoms with Gasteiger partial charge >= 0.3 is 5.69 Å². The van der Waals surface area contributed by atoms with Crippen molar-refractivity contribution in [2.75, 3.05) is 6.61 Å². The molecule has 7 heteroatoms. The maximum Gasteiger partial charge on any atom is 0.351 e. The van der Waals surface area contributed by atoms with Crippen LogP contribution in [0.3, 0.4) is 0 Å². The van der Waals surface area contributed by atoms with Crippen LogP contribution in [0.4, 0.5) is 0 Å². The molecular formula is C23H23ClN2O4. The molecule has 0 saturated carbocycles. The van der Waals surface area contributed by atoms with E-state index in [9.17, 15) is 4.79 Å². The molecule has 3 aromatic rings. The molecule has 156 valence electrons. The van der Waals surface area contributed by atoms with Gasteiger partial charge in [-0.1, -0.05) is 47.0 Å². The predicted molar refractivity (Wildman–Crippen MR) is 114 cm³/mol. The zero-order valence-electron chi connectivity index (χ0n) is 16.8. The van der Waals surface area contributed by atoms with E-state index in [0.29, 0.717) is 13.0 Å². The summed E-state index contributed by atoms with van der Waals surface area (Å²) in [5, 5.41) is 0.154. The van der Waals surface area contributed by atoms with Crippen LogP contribution >= 0.6 is 11.6 Å². The molecule has 2 heterocycles. The van der Waals surface area contributed by atoms with E-state index in [0.717, 1.165) is 22.6 Å². The van der Waals surface area contributed by atoms with Crippen molar-refractivity contribution in [3.63, 3.8) is 0 Å². The molecule has 0 aliphatic carbocycles. The van der Waals surface area contributed by atoms with Crippen LogP contribution in [-0.4, -0.2) is 28.4 Å². The fourth-order valence-electron chi connectivity index (χ4n) is 3.36. The van der Waals surface area contributed by atoms with E-state index in [4.69, 9.17) is 25.8 Å². The molecule has 2 aromatic carbocycles. The first kappa shape index (κ1) is 20.4. The Morgan fingerprint density at radius 2 is 1.67 bits per heavy atom. The largest absolute Gasteiger partial charge is 0.491 e. The molecule has 30 heavy (non-hydrogen) atoms. The lowest BCUT2D eigenvalue weighted by Crippen LogP contribution is -2.32. The number of halogens is 1. The molecule has 6 nitrogen and oxygen atoms in total. The van der Waals surface area contributed by atoms with Gasteiger partial charge in [0.25, 0.3) is 0 Å². The van der Waals surface area contributed by atoms with Crippen LogP contribution in [-0.2, 0) is 4.74 Å². The first-order valence-corrected chi connectivity index (χ1v) is 10.2. The standard InChI is InChI=1S/C23H23ClN2O4/c1-15-3-7-17(8-4-15)28-14-20-19(29-18-9-5-16(2)6-10-18)13-22(30-20)26-12-11-21(24)25-23(26)27/h3-12,19-20,22H,13-14H2,1-2H3/t19-,20+,22?/m1/s1. The Bertz CT molecular complexity index is 1050. The Hall–Kier alpha value is -2.83. The molecule has 1 fully saturated rings. The van der Waals surface area contributed by atoms with E-state index < -0.39 is 11.9 Å². The third-order valence-electron chi connectivity index (χ3n) is 5.03. The molecule has 3 atom stereocenters. The first-order valence-electron chi connectivity index (χ1n) is 9.81. The Morgan fingerprint density at radius 3 is 2.30 bits per heavy atom. The van der Waals surface area contributed by atoms with Gasteiger partial charge in [0.1, 0.15) is 41.7 Å². The lowest BCUT2D eigenvalue weighted by atomic mass is 10.1. The molecule has 1 aromatic heterocycles. The van der Waals surface area contributed by atoms with E-state index >= 15 is 0 Å². The number of aromatic nitrogens is 2. The molecule has 4 rings (SSSR count). The molecule has 1 aliphatic rings. The smallest absolute Gasteiger partial charge is 0.351 e. The van der Waals surface area contributed by atoms with Crippen molar-refractivity contribution in [3.8, 4) is 11.5 Å². The Kier molecular flexibility index (Phi) is 6.06. The van der Waals surface area contributed by atoms with Gasteiger partial charge in [-0.05, 0) is 44.2 Å². The van der Waals surface area contributed by atoms with Crippen molar-refractivity contribution < 1.29 is 14.2 Å². The minimum Gasteiger partial charge on any atom is -0.491 e. The van der Waals surface area contributed by atoms with Crippen molar-refractivity contribution in [2.45, 2.75) is 38.7 Å². The van der Waals surface area contributed by atoms with Crippen LogP contribution in [0.15, 0.2) is 65.6 Å². The predicted octanol–water partition coefficient (Wildman–Crippen LogP) is 4.33. The quantitative estimate of drug-likeness (QED) is 0.549. The third kappa shape index (κ3) is 4.83. The van der Waals surface area contributed by atoms with Gasteiger partial charge in [0.2, 0.25) is 0 Å². The zero-order valence-corrected chi connectivity index (χ0v) is 17.6. The number of benzene rings is 2. The molecular weight excluding hydrogens is 404 g/mol. The van der Waals surface area contributed by atoms with Crippen LogP contribution in [0, 0.1) is 13.8 Å². The molecule has 0 spiro atoms. The summed E-state index contributed by atoms with van der Waals surface area (Å²) in [6, 6.07) is 17.2. The van der Waals surface area contributed by atoms with Crippen molar-refractivity contribution >= 4 is 11.6 Å². The van der Waals surface area contributed by atoms with Crippen LogP contribution in [0.2, 0.25) is 5.15 Å². The average molecular weight is 427 g/mol. The maximum atomic E-state index is 12.3. The van der Waals surface area contributed by atoms with Gasteiger partial charge in [-0.25, -0.2) is 4.79 Å². The van der Waals surface area contributed by atoms with Crippen molar-refractivity contribution in [1.82, 2.24) is 9.55 Å². The number of rotatable bonds is 6. The second-order valence-corrected chi connectivity index (χ2v) is 7.79. The summed E-state index contributed by atoms with van der Waals surface area (Å²) < 4.78 is 19.7. The number of aryl methyl sites for hydroxylation is 2. The molecule has 1 aliphatic heterocycles. The van der Waals surface area contributed by atoms with E-state index in [-0.39, 0.29) is 17.4 Å². The topological polar surface area (TPSA) is 62.6 Å². The second-order valence-electron chi connectivity index (χ2n) is 7.40. The Labute approximate surface area is 180 Å². The normalized spacial score (nSPS) is 20.8. The van der Waals surface area contributed by atoms with E-state index in [1.165, 1.54) is 4.57 Å². The Morgan fingerprint density at radius 1 is 1.03 bits per heavy atom. The highest BCUT2D eigenvalue weighted by molar-refractivity contribution is 6.29. The van der Waals surface area contributed by atoms with Gasteiger partial charge in [-0.3, -0.25) is 4.57 Å². The summed E-state index contributed by atoms with van der Waals surface area (Å²) >= 11 is 5.82. The van der Waals surface area contributed by atoms with Crippen LogP contribution in [0.1, 0.15) is 23.8 Å². The van der Waals surface area contributed by atoms with Gasteiger partial charge in [0.15, 0.2) is 0 Å². The molecule has 1 unspecified atom stereocenters. The summed E-state index contributed by atoms with van der Waals surface area (Å²) in [6.45, 7) is 4.35. The minimum absolute atomic E-state index is 0.154. The number of hydrogen-bond donors (Lipinski definition) is 0. The summed E-state index contributed by atoms with van der Waals surface area (Å²) in [7, 11) is 0. The van der Waals surface area contributed by atoms with Crippen LogP contribution in [0.25, 0.3) is 0 Å². The summed E-state index contributed by atoms with van der Waals surface area (Å²) in [5.74, 6) is 1.50. The van der Waals surface area contributed by atoms with Gasteiger partial charge in [0, 0.05) is 12.6 Å². The van der Waals surface area contributed by atoms with Crippen molar-refractivity contribution in [1.29, 1.82) is 0 Å². The average Bonchev–Trinajstić information content (AvgIpc) is 3.11.